The van der Waals surface area contributed by atoms with E-state index in [2.05, 4.69) is 17.4 Å². The van der Waals surface area contributed by atoms with Crippen molar-refractivity contribution in [3.63, 3.8) is 0 Å². The summed E-state index contributed by atoms with van der Waals surface area (Å²) < 4.78 is 11.1. The van der Waals surface area contributed by atoms with E-state index in [4.69, 9.17) is 9.47 Å². The standard InChI is InChI=1S/C16H23NO2/c1-2-4-6-13(5-3-1)12-17-14-7-8-15-16(11-14)19-10-9-18-15/h7-8,11,13,17H,1-6,9-10,12H2. The largest absolute Gasteiger partial charge is 0.486 e. The quantitative estimate of drug-likeness (QED) is 0.839. The molecule has 1 aliphatic carbocycles. The van der Waals surface area contributed by atoms with Crippen molar-refractivity contribution >= 4 is 5.69 Å². The van der Waals surface area contributed by atoms with E-state index in [1.54, 1.807) is 0 Å². The molecule has 0 spiro atoms. The highest BCUT2D eigenvalue weighted by atomic mass is 16.6. The first-order valence-electron chi connectivity index (χ1n) is 7.55. The van der Waals surface area contributed by atoms with E-state index in [9.17, 15) is 0 Å². The molecule has 0 radical (unpaired) electrons. The lowest BCUT2D eigenvalue weighted by atomic mass is 10.0. The molecule has 1 saturated carbocycles. The lowest BCUT2D eigenvalue weighted by Gasteiger charge is -2.20. The van der Waals surface area contributed by atoms with Crippen molar-refractivity contribution in [2.45, 2.75) is 38.5 Å². The highest BCUT2D eigenvalue weighted by Gasteiger charge is 2.14. The first kappa shape index (κ1) is 12.6. The molecular weight excluding hydrogens is 238 g/mol. The average molecular weight is 261 g/mol. The normalized spacial score (nSPS) is 19.8. The summed E-state index contributed by atoms with van der Waals surface area (Å²) in [5.41, 5.74) is 1.15. The molecule has 3 heteroatoms. The molecule has 19 heavy (non-hydrogen) atoms. The van der Waals surface area contributed by atoms with Crippen LogP contribution in [-0.2, 0) is 0 Å². The van der Waals surface area contributed by atoms with Crippen LogP contribution in [-0.4, -0.2) is 19.8 Å². The Balaban J connectivity index is 1.57. The zero-order chi connectivity index (χ0) is 12.9. The SMILES string of the molecule is c1cc2c(cc1NCC1CCCCCC1)OCCO2. The third kappa shape index (κ3) is 3.34. The summed E-state index contributed by atoms with van der Waals surface area (Å²) in [4.78, 5) is 0. The zero-order valence-corrected chi connectivity index (χ0v) is 11.5. The van der Waals surface area contributed by atoms with Crippen molar-refractivity contribution in [3.8, 4) is 11.5 Å². The fourth-order valence-electron chi connectivity index (χ4n) is 2.98. The van der Waals surface area contributed by atoms with E-state index in [1.807, 2.05) is 6.07 Å². The van der Waals surface area contributed by atoms with Crippen LogP contribution in [0.2, 0.25) is 0 Å². The van der Waals surface area contributed by atoms with Gasteiger partial charge in [0.1, 0.15) is 13.2 Å². The number of fused-ring (bicyclic) bond motifs is 1. The molecule has 0 saturated heterocycles. The maximum Gasteiger partial charge on any atom is 0.163 e. The molecule has 1 aromatic carbocycles. The summed E-state index contributed by atoms with van der Waals surface area (Å²) in [6.45, 7) is 2.39. The topological polar surface area (TPSA) is 30.5 Å². The molecular formula is C16H23NO2. The highest BCUT2D eigenvalue weighted by Crippen LogP contribution is 2.33. The molecule has 0 bridgehead atoms. The van der Waals surface area contributed by atoms with Crippen LogP contribution in [0.1, 0.15) is 38.5 Å². The monoisotopic (exact) mass is 261 g/mol. The number of ether oxygens (including phenoxy) is 2. The van der Waals surface area contributed by atoms with Crippen LogP contribution in [0.5, 0.6) is 11.5 Å². The van der Waals surface area contributed by atoms with Crippen molar-refractivity contribution in [3.05, 3.63) is 18.2 Å². The van der Waals surface area contributed by atoms with E-state index < -0.39 is 0 Å². The smallest absolute Gasteiger partial charge is 0.163 e. The summed E-state index contributed by atoms with van der Waals surface area (Å²) in [6, 6.07) is 6.15. The van der Waals surface area contributed by atoms with Gasteiger partial charge in [0.2, 0.25) is 0 Å². The van der Waals surface area contributed by atoms with Gasteiger partial charge in [0, 0.05) is 18.3 Å². The summed E-state index contributed by atoms with van der Waals surface area (Å²) in [5, 5.41) is 3.56. The highest BCUT2D eigenvalue weighted by molar-refractivity contribution is 5.55. The minimum absolute atomic E-state index is 0.652. The number of hydrogen-bond donors (Lipinski definition) is 1. The van der Waals surface area contributed by atoms with E-state index in [0.29, 0.717) is 13.2 Å². The van der Waals surface area contributed by atoms with Crippen molar-refractivity contribution in [1.29, 1.82) is 0 Å². The van der Waals surface area contributed by atoms with Gasteiger partial charge in [0.05, 0.1) is 0 Å². The molecule has 2 aliphatic rings. The third-order valence-corrected chi connectivity index (χ3v) is 4.11. The minimum atomic E-state index is 0.652. The molecule has 104 valence electrons. The van der Waals surface area contributed by atoms with Crippen molar-refractivity contribution < 1.29 is 9.47 Å². The minimum Gasteiger partial charge on any atom is -0.486 e. The van der Waals surface area contributed by atoms with Crippen molar-refractivity contribution in [2.24, 2.45) is 5.92 Å². The maximum atomic E-state index is 5.61. The number of rotatable bonds is 3. The second kappa shape index (κ2) is 6.18. The molecule has 1 aliphatic heterocycles. The van der Waals surface area contributed by atoms with Crippen LogP contribution in [0, 0.1) is 5.92 Å². The molecule has 1 heterocycles. The maximum absolute atomic E-state index is 5.61. The molecule has 0 unspecified atom stereocenters. The van der Waals surface area contributed by atoms with Crippen LogP contribution >= 0.6 is 0 Å². The lowest BCUT2D eigenvalue weighted by molar-refractivity contribution is 0.171. The Morgan fingerprint density at radius 3 is 2.47 bits per heavy atom. The third-order valence-electron chi connectivity index (χ3n) is 4.11. The Labute approximate surface area is 115 Å². The van der Waals surface area contributed by atoms with E-state index >= 15 is 0 Å². The second-order valence-corrected chi connectivity index (χ2v) is 5.60. The Kier molecular flexibility index (Phi) is 4.11. The van der Waals surface area contributed by atoms with E-state index in [-0.39, 0.29) is 0 Å². The van der Waals surface area contributed by atoms with Crippen LogP contribution < -0.4 is 14.8 Å². The van der Waals surface area contributed by atoms with Gasteiger partial charge in [-0.25, -0.2) is 0 Å². The Morgan fingerprint density at radius 2 is 1.68 bits per heavy atom. The number of benzene rings is 1. The summed E-state index contributed by atoms with van der Waals surface area (Å²) in [5.74, 6) is 2.57. The van der Waals surface area contributed by atoms with Crippen LogP contribution in [0.4, 0.5) is 5.69 Å². The lowest BCUT2D eigenvalue weighted by Crippen LogP contribution is -2.16. The zero-order valence-electron chi connectivity index (χ0n) is 11.5. The molecule has 0 atom stereocenters. The Bertz CT molecular complexity index is 411. The molecule has 3 rings (SSSR count). The molecule has 1 N–H and O–H groups in total. The summed E-state index contributed by atoms with van der Waals surface area (Å²) in [7, 11) is 0. The molecule has 1 fully saturated rings. The van der Waals surface area contributed by atoms with Gasteiger partial charge in [0.25, 0.3) is 0 Å². The van der Waals surface area contributed by atoms with Crippen molar-refractivity contribution in [1.82, 2.24) is 0 Å². The summed E-state index contributed by atoms with van der Waals surface area (Å²) in [6.07, 6.45) is 8.37. The van der Waals surface area contributed by atoms with Gasteiger partial charge in [-0.3, -0.25) is 0 Å². The van der Waals surface area contributed by atoms with Gasteiger partial charge in [-0.05, 0) is 30.9 Å². The first-order valence-corrected chi connectivity index (χ1v) is 7.55. The summed E-state index contributed by atoms with van der Waals surface area (Å²) >= 11 is 0. The van der Waals surface area contributed by atoms with Gasteiger partial charge < -0.3 is 14.8 Å². The van der Waals surface area contributed by atoms with Gasteiger partial charge in [0.15, 0.2) is 11.5 Å². The van der Waals surface area contributed by atoms with Crippen LogP contribution in [0.15, 0.2) is 18.2 Å². The van der Waals surface area contributed by atoms with E-state index in [1.165, 1.54) is 38.5 Å². The molecule has 3 nitrogen and oxygen atoms in total. The van der Waals surface area contributed by atoms with Gasteiger partial charge in [-0.2, -0.15) is 0 Å². The molecule has 1 aromatic rings. The first-order chi connectivity index (χ1) is 9.42. The van der Waals surface area contributed by atoms with Crippen LogP contribution in [0.25, 0.3) is 0 Å². The van der Waals surface area contributed by atoms with E-state index in [0.717, 1.165) is 29.6 Å². The van der Waals surface area contributed by atoms with Gasteiger partial charge >= 0.3 is 0 Å². The predicted octanol–water partition coefficient (Wildman–Crippen LogP) is 3.84. The van der Waals surface area contributed by atoms with Gasteiger partial charge in [-0.1, -0.05) is 25.7 Å². The predicted molar refractivity (Wildman–Crippen MR) is 77.1 cm³/mol. The van der Waals surface area contributed by atoms with Crippen molar-refractivity contribution in [2.75, 3.05) is 25.1 Å². The Morgan fingerprint density at radius 1 is 0.947 bits per heavy atom. The second-order valence-electron chi connectivity index (χ2n) is 5.60. The molecule has 0 aromatic heterocycles. The number of nitrogens with one attached hydrogen (secondary N) is 1. The van der Waals surface area contributed by atoms with Crippen LogP contribution in [0.3, 0.4) is 0 Å². The van der Waals surface area contributed by atoms with Gasteiger partial charge in [-0.15, -0.1) is 0 Å². The fraction of sp³-hybridized carbons (Fsp3) is 0.625. The molecule has 0 amide bonds. The Hall–Kier alpha value is -1.38. The number of anilines is 1. The number of hydrogen-bond acceptors (Lipinski definition) is 3. The average Bonchev–Trinajstić information content (AvgIpc) is 2.73. The fourth-order valence-corrected chi connectivity index (χ4v) is 2.98.